The van der Waals surface area contributed by atoms with Crippen molar-refractivity contribution < 1.29 is 53.0 Å². The first kappa shape index (κ1) is 22.6. The van der Waals surface area contributed by atoms with Crippen molar-refractivity contribution >= 4 is 26.7 Å². The van der Waals surface area contributed by atoms with E-state index in [9.17, 15) is 4.57 Å². The molecule has 4 nitrogen and oxygen atoms in total. The van der Waals surface area contributed by atoms with Crippen LogP contribution >= 0.6 is 7.82 Å². The summed E-state index contributed by atoms with van der Waals surface area (Å²) in [4.78, 5) is 15.8. The average Bonchev–Trinajstić information content (AvgIpc) is 1.30. The zero-order valence-corrected chi connectivity index (χ0v) is 7.78. The number of phosphoric acid groups is 1. The Hall–Kier alpha value is 1.75. The van der Waals surface area contributed by atoms with E-state index in [0.29, 0.717) is 0 Å². The van der Waals surface area contributed by atoms with Crippen LogP contribution in [0.15, 0.2) is 0 Å². The second-order valence-corrected chi connectivity index (χ2v) is 2.15. The smallest absolute Gasteiger partial charge is 0 e. The predicted octanol–water partition coefficient (Wildman–Crippen LogP) is -0.538. The Morgan fingerprint density at radius 1 is 1.50 bits per heavy atom. The largest absolute Gasteiger partial charge is 0 e. The molecule has 0 amide bonds. The molecule has 0 bridgehead atoms. The standard InChI is InChI=1S/C2H7O4P.Fe.Li.Mn.H/c1-2-6-7(3,4)5;;;;/h2H2,1H3,(H2,3,4,5);;;;. The fourth-order valence-electron chi connectivity index (χ4n) is 0.168. The number of rotatable bonds is 2. The summed E-state index contributed by atoms with van der Waals surface area (Å²) in [5, 5.41) is 0. The van der Waals surface area contributed by atoms with Gasteiger partial charge in [-0.1, -0.05) is 0 Å². The van der Waals surface area contributed by atoms with E-state index in [1.807, 2.05) is 0 Å². The molecule has 0 aromatic carbocycles. The fraction of sp³-hybridized carbons (Fsp3) is 1.00. The van der Waals surface area contributed by atoms with Crippen molar-refractivity contribution in [1.82, 2.24) is 0 Å². The summed E-state index contributed by atoms with van der Waals surface area (Å²) in [7, 11) is -4.17. The average molecular weight is 245 g/mol. The first-order valence-electron chi connectivity index (χ1n) is 1.76. The quantitative estimate of drug-likeness (QED) is 0.506. The van der Waals surface area contributed by atoms with Crippen molar-refractivity contribution in [3.63, 3.8) is 0 Å². The van der Waals surface area contributed by atoms with E-state index in [4.69, 9.17) is 9.79 Å². The monoisotopic (exact) mass is 245 g/mol. The Bertz CT molecular complexity index is 97.3. The van der Waals surface area contributed by atoms with E-state index in [1.54, 1.807) is 0 Å². The van der Waals surface area contributed by atoms with Crippen LogP contribution in [0.3, 0.4) is 0 Å². The molecule has 0 aliphatic heterocycles. The van der Waals surface area contributed by atoms with E-state index in [2.05, 4.69) is 4.52 Å². The molecule has 0 fully saturated rings. The van der Waals surface area contributed by atoms with Crippen molar-refractivity contribution in [2.45, 2.75) is 6.92 Å². The molecule has 0 heterocycles. The Labute approximate surface area is 92.8 Å². The van der Waals surface area contributed by atoms with Gasteiger partial charge in [0.1, 0.15) is 0 Å². The van der Waals surface area contributed by atoms with Crippen molar-refractivity contribution in [1.29, 1.82) is 0 Å². The molecule has 0 rings (SSSR count). The Balaban J connectivity index is -0.0000000600. The van der Waals surface area contributed by atoms with Crippen LogP contribution in [0.1, 0.15) is 6.92 Å². The molecule has 0 aliphatic carbocycles. The summed E-state index contributed by atoms with van der Waals surface area (Å²) in [5.41, 5.74) is 0. The van der Waals surface area contributed by atoms with Crippen LogP contribution in [0, 0.1) is 0 Å². The van der Waals surface area contributed by atoms with Crippen LogP contribution in [0.25, 0.3) is 0 Å². The van der Waals surface area contributed by atoms with E-state index in [1.165, 1.54) is 6.92 Å². The molecule has 10 heavy (non-hydrogen) atoms. The maximum atomic E-state index is 9.70. The van der Waals surface area contributed by atoms with E-state index < -0.39 is 7.82 Å². The summed E-state index contributed by atoms with van der Waals surface area (Å²) in [6, 6.07) is 0. The molecule has 61 valence electrons. The topological polar surface area (TPSA) is 66.8 Å². The van der Waals surface area contributed by atoms with Gasteiger partial charge in [0, 0.05) is 34.1 Å². The molecule has 0 aromatic rings. The van der Waals surface area contributed by atoms with Gasteiger partial charge < -0.3 is 9.79 Å². The predicted molar refractivity (Wildman–Crippen MR) is 30.8 cm³/mol. The van der Waals surface area contributed by atoms with Gasteiger partial charge in [-0.3, -0.25) is 4.52 Å². The number of hydrogen-bond donors (Lipinski definition) is 2. The maximum absolute atomic E-state index is 9.70. The molecule has 0 aromatic heterocycles. The summed E-state index contributed by atoms with van der Waals surface area (Å²) < 4.78 is 13.6. The molecule has 0 atom stereocenters. The molecule has 1 radical (unpaired) electrons. The molecular formula is C2H8FeLiMnO4P. The number of phosphoric ester groups is 1. The zero-order chi connectivity index (χ0) is 5.91. The van der Waals surface area contributed by atoms with Gasteiger partial charge in [-0.05, 0) is 6.92 Å². The fourth-order valence-corrected chi connectivity index (χ4v) is 0.505. The summed E-state index contributed by atoms with van der Waals surface area (Å²) >= 11 is 0. The maximum Gasteiger partial charge on any atom is 0 e. The van der Waals surface area contributed by atoms with E-state index in [0.717, 1.165) is 0 Å². The van der Waals surface area contributed by atoms with Crippen LogP contribution in [-0.2, 0) is 43.2 Å². The van der Waals surface area contributed by atoms with Crippen molar-refractivity contribution in [3.8, 4) is 0 Å². The summed E-state index contributed by atoms with van der Waals surface area (Å²) in [6.45, 7) is 1.56. The Morgan fingerprint density at radius 3 is 1.80 bits per heavy atom. The van der Waals surface area contributed by atoms with Crippen LogP contribution < -0.4 is 0 Å². The third kappa shape index (κ3) is 22.6. The van der Waals surface area contributed by atoms with Gasteiger partial charge in [0.15, 0.2) is 0 Å². The second kappa shape index (κ2) is 10.7. The van der Waals surface area contributed by atoms with Gasteiger partial charge in [0.2, 0.25) is 0 Å². The molecule has 0 unspecified atom stereocenters. The van der Waals surface area contributed by atoms with E-state index in [-0.39, 0.29) is 59.6 Å². The SMILES string of the molecule is CCOP(=O)(O)O.[Fe].[LiH].[Mn]. The molecule has 0 aliphatic rings. The van der Waals surface area contributed by atoms with Gasteiger partial charge in [-0.15, -0.1) is 0 Å². The molecule has 0 saturated carbocycles. The molecule has 0 spiro atoms. The van der Waals surface area contributed by atoms with Gasteiger partial charge in [0.05, 0.1) is 6.61 Å². The summed E-state index contributed by atoms with van der Waals surface area (Å²) in [6.07, 6.45) is 0. The summed E-state index contributed by atoms with van der Waals surface area (Å²) in [5.74, 6) is 0. The third-order valence-corrected chi connectivity index (χ3v) is 0.892. The molecule has 2 N–H and O–H groups in total. The van der Waals surface area contributed by atoms with Crippen LogP contribution in [-0.4, -0.2) is 35.3 Å². The third-order valence-electron chi connectivity index (χ3n) is 0.297. The van der Waals surface area contributed by atoms with Gasteiger partial charge >= 0.3 is 26.7 Å². The molecular weight excluding hydrogens is 237 g/mol. The van der Waals surface area contributed by atoms with Crippen molar-refractivity contribution in [2.75, 3.05) is 6.61 Å². The van der Waals surface area contributed by atoms with E-state index >= 15 is 0 Å². The number of hydrogen-bond acceptors (Lipinski definition) is 2. The van der Waals surface area contributed by atoms with Crippen LogP contribution in [0.5, 0.6) is 0 Å². The van der Waals surface area contributed by atoms with Gasteiger partial charge in [-0.25, -0.2) is 4.57 Å². The minimum absolute atomic E-state index is 0. The van der Waals surface area contributed by atoms with Crippen LogP contribution in [0.2, 0.25) is 0 Å². The van der Waals surface area contributed by atoms with Gasteiger partial charge in [-0.2, -0.15) is 0 Å². The Kier molecular flexibility index (Phi) is 24.3. The Morgan fingerprint density at radius 2 is 1.80 bits per heavy atom. The zero-order valence-electron chi connectivity index (χ0n) is 4.60. The minimum Gasteiger partial charge on any atom is 0 e. The minimum atomic E-state index is -4.17. The van der Waals surface area contributed by atoms with Crippen LogP contribution in [0.4, 0.5) is 0 Å². The normalized spacial score (nSPS) is 8.30. The van der Waals surface area contributed by atoms with Crippen molar-refractivity contribution in [2.24, 2.45) is 0 Å². The second-order valence-electron chi connectivity index (χ2n) is 0.908. The molecule has 8 heteroatoms. The molecule has 0 saturated heterocycles. The van der Waals surface area contributed by atoms with Crippen molar-refractivity contribution in [3.05, 3.63) is 0 Å². The first-order valence-corrected chi connectivity index (χ1v) is 3.29. The first-order chi connectivity index (χ1) is 3.06. The van der Waals surface area contributed by atoms with Gasteiger partial charge in [0.25, 0.3) is 0 Å².